The van der Waals surface area contributed by atoms with Crippen molar-refractivity contribution in [2.24, 2.45) is 5.92 Å². The third-order valence-electron chi connectivity index (χ3n) is 2.44. The molecule has 0 aromatic heterocycles. The number of hydrogen-bond acceptors (Lipinski definition) is 2. The maximum atomic E-state index is 11.0. The van der Waals surface area contributed by atoms with Crippen LogP contribution in [-0.2, 0) is 9.36 Å². The monoisotopic (exact) mass is 206 g/mol. The largest absolute Gasteiger partial charge is 0.332 e. The second-order valence-corrected chi connectivity index (χ2v) is 5.34. The molecule has 0 bridgehead atoms. The van der Waals surface area contributed by atoms with Crippen molar-refractivity contribution in [3.05, 3.63) is 0 Å². The normalized spacial score (nSPS) is 18.3. The zero-order valence-electron chi connectivity index (χ0n) is 7.48. The molecule has 2 N–H and O–H groups in total. The van der Waals surface area contributed by atoms with E-state index in [2.05, 4.69) is 0 Å². The quantitative estimate of drug-likeness (QED) is 0.665. The molecule has 0 spiro atoms. The van der Waals surface area contributed by atoms with Gasteiger partial charge in [-0.2, -0.15) is 0 Å². The van der Waals surface area contributed by atoms with Crippen molar-refractivity contribution >= 4 is 13.4 Å². The van der Waals surface area contributed by atoms with Crippen LogP contribution in [0, 0.1) is 5.92 Å². The smallest absolute Gasteiger partial charge is 0.324 e. The standard InChI is InChI=1S/C8H15O4P/c9-8(6-13(10,11)12)5-4-7-2-1-3-7/h7H,1-6H2,(H2,10,11,12). The summed E-state index contributed by atoms with van der Waals surface area (Å²) in [5.74, 6) is 0.320. The summed E-state index contributed by atoms with van der Waals surface area (Å²) in [7, 11) is -4.12. The van der Waals surface area contributed by atoms with E-state index in [9.17, 15) is 9.36 Å². The fraction of sp³-hybridized carbons (Fsp3) is 0.875. The highest BCUT2D eigenvalue weighted by Gasteiger charge is 2.22. The zero-order valence-corrected chi connectivity index (χ0v) is 8.37. The second-order valence-electron chi connectivity index (χ2n) is 3.70. The average molecular weight is 206 g/mol. The Hall–Kier alpha value is -0.180. The number of carbonyl (C=O) groups excluding carboxylic acids is 1. The van der Waals surface area contributed by atoms with E-state index in [0.29, 0.717) is 12.3 Å². The molecule has 1 aliphatic rings. The Bertz CT molecular complexity index is 228. The molecule has 0 aromatic rings. The van der Waals surface area contributed by atoms with Crippen LogP contribution in [-0.4, -0.2) is 21.7 Å². The topological polar surface area (TPSA) is 74.6 Å². The maximum absolute atomic E-state index is 11.0. The first kappa shape index (κ1) is 10.9. The SMILES string of the molecule is O=C(CCC1CCC1)CP(=O)(O)O. The van der Waals surface area contributed by atoms with Gasteiger partial charge in [-0.1, -0.05) is 19.3 Å². The summed E-state index contributed by atoms with van der Waals surface area (Å²) in [4.78, 5) is 28.0. The molecule has 0 saturated heterocycles. The molecule has 1 fully saturated rings. The molecule has 0 amide bonds. The molecule has 4 nitrogen and oxygen atoms in total. The van der Waals surface area contributed by atoms with Crippen LogP contribution in [0.2, 0.25) is 0 Å². The molecular formula is C8H15O4P. The molecule has 0 radical (unpaired) electrons. The van der Waals surface area contributed by atoms with Crippen molar-refractivity contribution in [3.63, 3.8) is 0 Å². The molecule has 1 saturated carbocycles. The van der Waals surface area contributed by atoms with E-state index in [1.165, 1.54) is 19.3 Å². The van der Waals surface area contributed by atoms with Gasteiger partial charge in [-0.05, 0) is 12.3 Å². The lowest BCUT2D eigenvalue weighted by Crippen LogP contribution is -2.14. The van der Waals surface area contributed by atoms with Gasteiger partial charge in [-0.3, -0.25) is 9.36 Å². The van der Waals surface area contributed by atoms with Crippen molar-refractivity contribution < 1.29 is 19.1 Å². The van der Waals surface area contributed by atoms with E-state index in [1.54, 1.807) is 0 Å². The van der Waals surface area contributed by atoms with E-state index in [4.69, 9.17) is 9.79 Å². The van der Waals surface area contributed by atoms with Crippen LogP contribution < -0.4 is 0 Å². The minimum atomic E-state index is -4.12. The Labute approximate surface area is 77.5 Å². The van der Waals surface area contributed by atoms with E-state index in [-0.39, 0.29) is 5.78 Å². The highest BCUT2D eigenvalue weighted by molar-refractivity contribution is 7.52. The Kier molecular flexibility index (Phi) is 3.65. The lowest BCUT2D eigenvalue weighted by atomic mass is 9.82. The fourth-order valence-electron chi connectivity index (χ4n) is 1.46. The van der Waals surface area contributed by atoms with Gasteiger partial charge in [0.25, 0.3) is 0 Å². The molecule has 0 heterocycles. The van der Waals surface area contributed by atoms with Crippen molar-refractivity contribution in [2.45, 2.75) is 32.1 Å². The summed E-state index contributed by atoms with van der Waals surface area (Å²) in [5, 5.41) is 0. The Balaban J connectivity index is 2.13. The van der Waals surface area contributed by atoms with Crippen LogP contribution in [0.3, 0.4) is 0 Å². The number of ketones is 1. The van der Waals surface area contributed by atoms with Gasteiger partial charge in [0, 0.05) is 6.42 Å². The van der Waals surface area contributed by atoms with Crippen molar-refractivity contribution in [1.29, 1.82) is 0 Å². The van der Waals surface area contributed by atoms with Gasteiger partial charge in [-0.15, -0.1) is 0 Å². The van der Waals surface area contributed by atoms with Gasteiger partial charge in [0.1, 0.15) is 11.9 Å². The van der Waals surface area contributed by atoms with Gasteiger partial charge >= 0.3 is 7.60 Å². The Morgan fingerprint density at radius 3 is 2.38 bits per heavy atom. The van der Waals surface area contributed by atoms with E-state index in [1.807, 2.05) is 0 Å². The number of hydrogen-bond donors (Lipinski definition) is 2. The lowest BCUT2D eigenvalue weighted by molar-refractivity contribution is -0.117. The molecule has 1 aliphatic carbocycles. The van der Waals surface area contributed by atoms with Crippen molar-refractivity contribution in [3.8, 4) is 0 Å². The molecule has 76 valence electrons. The van der Waals surface area contributed by atoms with E-state index < -0.39 is 13.8 Å². The molecule has 0 atom stereocenters. The summed E-state index contributed by atoms with van der Waals surface area (Å²) < 4.78 is 10.4. The summed E-state index contributed by atoms with van der Waals surface area (Å²) in [6, 6.07) is 0. The zero-order chi connectivity index (χ0) is 9.90. The lowest BCUT2D eigenvalue weighted by Gasteiger charge is -2.24. The highest BCUT2D eigenvalue weighted by atomic mass is 31.2. The van der Waals surface area contributed by atoms with Gasteiger partial charge < -0.3 is 9.79 Å². The van der Waals surface area contributed by atoms with Gasteiger partial charge in [0.2, 0.25) is 0 Å². The average Bonchev–Trinajstić information content (AvgIpc) is 1.78. The third kappa shape index (κ3) is 4.55. The highest BCUT2D eigenvalue weighted by Crippen LogP contribution is 2.35. The fourth-order valence-corrected chi connectivity index (χ4v) is 2.07. The van der Waals surface area contributed by atoms with E-state index >= 15 is 0 Å². The summed E-state index contributed by atoms with van der Waals surface area (Å²) in [6.45, 7) is 0. The van der Waals surface area contributed by atoms with Gasteiger partial charge in [0.05, 0.1) is 0 Å². The third-order valence-corrected chi connectivity index (χ3v) is 3.20. The molecule has 0 aromatic carbocycles. The maximum Gasteiger partial charge on any atom is 0.332 e. The van der Waals surface area contributed by atoms with Gasteiger partial charge in [-0.25, -0.2) is 0 Å². The van der Waals surface area contributed by atoms with Crippen molar-refractivity contribution in [2.75, 3.05) is 6.16 Å². The van der Waals surface area contributed by atoms with Crippen LogP contribution in [0.25, 0.3) is 0 Å². The molecule has 13 heavy (non-hydrogen) atoms. The number of carbonyl (C=O) groups is 1. The van der Waals surface area contributed by atoms with Crippen molar-refractivity contribution in [1.82, 2.24) is 0 Å². The molecular weight excluding hydrogens is 191 g/mol. The number of Topliss-reactive ketones (excluding diaryl/α,β-unsaturated/α-hetero) is 1. The van der Waals surface area contributed by atoms with Gasteiger partial charge in [0.15, 0.2) is 0 Å². The predicted molar refractivity (Wildman–Crippen MR) is 48.5 cm³/mol. The molecule has 5 heteroatoms. The first-order chi connectivity index (χ1) is 5.97. The first-order valence-corrected chi connectivity index (χ1v) is 6.33. The van der Waals surface area contributed by atoms with Crippen LogP contribution in [0.1, 0.15) is 32.1 Å². The molecule has 0 unspecified atom stereocenters. The summed E-state index contributed by atoms with van der Waals surface area (Å²) in [5.41, 5.74) is 0. The van der Waals surface area contributed by atoms with E-state index in [0.717, 1.165) is 6.42 Å². The summed E-state index contributed by atoms with van der Waals surface area (Å²) in [6.07, 6.45) is 4.12. The Morgan fingerprint density at radius 1 is 1.38 bits per heavy atom. The minimum Gasteiger partial charge on any atom is -0.324 e. The minimum absolute atomic E-state index is 0.305. The molecule has 0 aliphatic heterocycles. The van der Waals surface area contributed by atoms with Crippen LogP contribution >= 0.6 is 7.60 Å². The van der Waals surface area contributed by atoms with Crippen LogP contribution in [0.5, 0.6) is 0 Å². The van der Waals surface area contributed by atoms with Crippen LogP contribution in [0.15, 0.2) is 0 Å². The predicted octanol–water partition coefficient (Wildman–Crippen LogP) is 1.31. The first-order valence-electron chi connectivity index (χ1n) is 4.53. The summed E-state index contributed by atoms with van der Waals surface area (Å²) >= 11 is 0. The second kappa shape index (κ2) is 4.36. The number of rotatable bonds is 5. The van der Waals surface area contributed by atoms with Crippen LogP contribution in [0.4, 0.5) is 0 Å². The molecule has 1 rings (SSSR count). The Morgan fingerprint density at radius 2 is 2.00 bits per heavy atom.